The summed E-state index contributed by atoms with van der Waals surface area (Å²) in [6.07, 6.45) is 4.00. The predicted octanol–water partition coefficient (Wildman–Crippen LogP) is 5.91. The highest BCUT2D eigenvalue weighted by atomic mass is 16.5. The monoisotopic (exact) mass is 480 g/mol. The molecule has 0 heterocycles. The van der Waals surface area contributed by atoms with Crippen molar-refractivity contribution in [3.63, 3.8) is 0 Å². The molecule has 186 valence electrons. The molecule has 0 aromatic heterocycles. The van der Waals surface area contributed by atoms with Crippen molar-refractivity contribution < 1.29 is 34.4 Å². The Kier molecular flexibility index (Phi) is 8.95. The number of phenols is 3. The lowest BCUT2D eigenvalue weighted by atomic mass is 10.0. The molecule has 3 aromatic carbocycles. The lowest BCUT2D eigenvalue weighted by Crippen LogP contribution is -2.08. The van der Waals surface area contributed by atoms with Crippen LogP contribution in [0.15, 0.2) is 42.5 Å². The first kappa shape index (κ1) is 25.9. The minimum absolute atomic E-state index is 0.0186. The topological polar surface area (TPSA) is 113 Å². The Bertz CT molecular complexity index is 1200. The van der Waals surface area contributed by atoms with Gasteiger partial charge in [0, 0.05) is 17.5 Å². The SMILES string of the molecule is CCCc1c(OCCCCCC(=O)c2ccc3cc(O)c(O)cc3c2)ccc(C(=O)OCC)c1O. The maximum atomic E-state index is 12.6. The van der Waals surface area contributed by atoms with Gasteiger partial charge in [0.25, 0.3) is 0 Å². The van der Waals surface area contributed by atoms with Crippen molar-refractivity contribution in [3.8, 4) is 23.0 Å². The molecule has 7 heteroatoms. The van der Waals surface area contributed by atoms with E-state index in [2.05, 4.69) is 0 Å². The van der Waals surface area contributed by atoms with Gasteiger partial charge in [-0.25, -0.2) is 4.79 Å². The second kappa shape index (κ2) is 12.1. The predicted molar refractivity (Wildman–Crippen MR) is 134 cm³/mol. The van der Waals surface area contributed by atoms with Gasteiger partial charge in [0.1, 0.15) is 17.1 Å². The normalized spacial score (nSPS) is 10.9. The van der Waals surface area contributed by atoms with E-state index in [1.165, 1.54) is 18.2 Å². The molecular weight excluding hydrogens is 448 g/mol. The number of phenolic OH excluding ortho intramolecular Hbond substituents is 3. The maximum Gasteiger partial charge on any atom is 0.341 e. The molecule has 0 aliphatic carbocycles. The van der Waals surface area contributed by atoms with Gasteiger partial charge < -0.3 is 24.8 Å². The van der Waals surface area contributed by atoms with Crippen molar-refractivity contribution >= 4 is 22.5 Å². The van der Waals surface area contributed by atoms with Crippen molar-refractivity contribution in [1.82, 2.24) is 0 Å². The zero-order valence-corrected chi connectivity index (χ0v) is 20.2. The highest BCUT2D eigenvalue weighted by Gasteiger charge is 2.19. The Morgan fingerprint density at radius 3 is 2.31 bits per heavy atom. The quantitative estimate of drug-likeness (QED) is 0.128. The lowest BCUT2D eigenvalue weighted by molar-refractivity contribution is 0.0522. The van der Waals surface area contributed by atoms with Gasteiger partial charge in [-0.15, -0.1) is 0 Å². The number of fused-ring (bicyclic) bond motifs is 1. The fourth-order valence-corrected chi connectivity index (χ4v) is 3.96. The Morgan fingerprint density at radius 2 is 1.60 bits per heavy atom. The van der Waals surface area contributed by atoms with Gasteiger partial charge in [-0.3, -0.25) is 4.79 Å². The molecule has 0 unspecified atom stereocenters. The van der Waals surface area contributed by atoms with Crippen LogP contribution in [0.25, 0.3) is 10.8 Å². The van der Waals surface area contributed by atoms with Crippen molar-refractivity contribution in [2.45, 2.75) is 52.4 Å². The van der Waals surface area contributed by atoms with E-state index < -0.39 is 5.97 Å². The molecule has 0 bridgehead atoms. The van der Waals surface area contributed by atoms with Crippen molar-refractivity contribution in [2.75, 3.05) is 13.2 Å². The van der Waals surface area contributed by atoms with Gasteiger partial charge in [-0.05, 0) is 73.7 Å². The van der Waals surface area contributed by atoms with E-state index >= 15 is 0 Å². The Labute approximate surface area is 204 Å². The van der Waals surface area contributed by atoms with Crippen LogP contribution in [-0.4, -0.2) is 40.3 Å². The molecule has 3 aromatic rings. The van der Waals surface area contributed by atoms with Crippen LogP contribution in [0.1, 0.15) is 72.2 Å². The Balaban J connectivity index is 1.50. The molecule has 0 saturated carbocycles. The highest BCUT2D eigenvalue weighted by molar-refractivity contribution is 6.00. The van der Waals surface area contributed by atoms with E-state index in [0.29, 0.717) is 48.1 Å². The van der Waals surface area contributed by atoms with Crippen molar-refractivity contribution in [1.29, 1.82) is 0 Å². The van der Waals surface area contributed by atoms with Crippen LogP contribution in [0, 0.1) is 0 Å². The van der Waals surface area contributed by atoms with Crippen molar-refractivity contribution in [3.05, 3.63) is 59.2 Å². The van der Waals surface area contributed by atoms with E-state index in [0.717, 1.165) is 24.6 Å². The standard InChI is InChI=1S/C28H32O7/c1-3-8-21-26(13-12-22(27(21)32)28(33)34-4-2)35-14-7-5-6-9-23(29)19-11-10-18-16-24(30)25(31)17-20(18)15-19/h10-13,15-17,30-32H,3-9,14H2,1-2H3. The molecule has 7 nitrogen and oxygen atoms in total. The van der Waals surface area contributed by atoms with Gasteiger partial charge >= 0.3 is 5.97 Å². The van der Waals surface area contributed by atoms with Crippen LogP contribution >= 0.6 is 0 Å². The van der Waals surface area contributed by atoms with Crippen LogP contribution in [0.3, 0.4) is 0 Å². The third-order valence-corrected chi connectivity index (χ3v) is 5.80. The summed E-state index contributed by atoms with van der Waals surface area (Å²) in [4.78, 5) is 24.6. The number of hydrogen-bond donors (Lipinski definition) is 3. The largest absolute Gasteiger partial charge is 0.507 e. The van der Waals surface area contributed by atoms with E-state index in [-0.39, 0.29) is 35.2 Å². The molecule has 0 atom stereocenters. The average molecular weight is 481 g/mol. The fraction of sp³-hybridized carbons (Fsp3) is 0.357. The number of ether oxygens (including phenoxy) is 2. The second-order valence-corrected chi connectivity index (χ2v) is 8.39. The molecule has 0 spiro atoms. The lowest BCUT2D eigenvalue weighted by Gasteiger charge is -2.15. The minimum Gasteiger partial charge on any atom is -0.507 e. The summed E-state index contributed by atoms with van der Waals surface area (Å²) in [5.41, 5.74) is 1.31. The zero-order chi connectivity index (χ0) is 25.4. The number of carbonyl (C=O) groups is 2. The number of ketones is 1. The molecule has 0 saturated heterocycles. The van der Waals surface area contributed by atoms with Crippen LogP contribution in [0.4, 0.5) is 0 Å². The molecule has 3 N–H and O–H groups in total. The van der Waals surface area contributed by atoms with E-state index in [4.69, 9.17) is 9.47 Å². The van der Waals surface area contributed by atoms with Crippen LogP contribution < -0.4 is 4.74 Å². The van der Waals surface area contributed by atoms with E-state index in [1.807, 2.05) is 6.92 Å². The first-order chi connectivity index (χ1) is 16.8. The minimum atomic E-state index is -0.556. The van der Waals surface area contributed by atoms with Crippen molar-refractivity contribution in [2.24, 2.45) is 0 Å². The summed E-state index contributed by atoms with van der Waals surface area (Å²) in [5, 5.41) is 31.3. The summed E-state index contributed by atoms with van der Waals surface area (Å²) in [5.74, 6) is -0.477. The van der Waals surface area contributed by atoms with Gasteiger partial charge in [-0.2, -0.15) is 0 Å². The third-order valence-electron chi connectivity index (χ3n) is 5.80. The van der Waals surface area contributed by atoms with Crippen LogP contribution in [0.2, 0.25) is 0 Å². The molecular formula is C28H32O7. The van der Waals surface area contributed by atoms with Gasteiger partial charge in [0.2, 0.25) is 0 Å². The number of esters is 1. The van der Waals surface area contributed by atoms with Crippen LogP contribution in [0.5, 0.6) is 23.0 Å². The summed E-state index contributed by atoms with van der Waals surface area (Å²) in [6.45, 7) is 4.37. The summed E-state index contributed by atoms with van der Waals surface area (Å²) >= 11 is 0. The number of carbonyl (C=O) groups excluding carboxylic acids is 2. The average Bonchev–Trinajstić information content (AvgIpc) is 2.83. The number of hydrogen-bond acceptors (Lipinski definition) is 7. The second-order valence-electron chi connectivity index (χ2n) is 8.39. The Hall–Kier alpha value is -3.74. The number of benzene rings is 3. The molecule has 0 fully saturated rings. The third kappa shape index (κ3) is 6.44. The maximum absolute atomic E-state index is 12.6. The molecule has 0 radical (unpaired) electrons. The van der Waals surface area contributed by atoms with Gasteiger partial charge in [0.15, 0.2) is 17.3 Å². The number of aromatic hydroxyl groups is 3. The molecule has 3 rings (SSSR count). The molecule has 35 heavy (non-hydrogen) atoms. The smallest absolute Gasteiger partial charge is 0.341 e. The first-order valence-electron chi connectivity index (χ1n) is 12.0. The first-order valence-corrected chi connectivity index (χ1v) is 12.0. The van der Waals surface area contributed by atoms with Gasteiger partial charge in [-0.1, -0.05) is 25.5 Å². The highest BCUT2D eigenvalue weighted by Crippen LogP contribution is 2.33. The molecule has 0 aliphatic rings. The van der Waals surface area contributed by atoms with Crippen LogP contribution in [-0.2, 0) is 11.2 Å². The Morgan fingerprint density at radius 1 is 0.857 bits per heavy atom. The molecule has 0 amide bonds. The summed E-state index contributed by atoms with van der Waals surface area (Å²) in [6, 6.07) is 11.3. The zero-order valence-electron chi connectivity index (χ0n) is 20.2. The number of rotatable bonds is 12. The van der Waals surface area contributed by atoms with E-state index in [1.54, 1.807) is 31.2 Å². The number of Topliss-reactive ketones (excluding diaryl/α,β-unsaturated/α-hetero) is 1. The molecule has 0 aliphatic heterocycles. The summed E-state index contributed by atoms with van der Waals surface area (Å²) in [7, 11) is 0. The number of unbranched alkanes of at least 4 members (excludes halogenated alkanes) is 2. The fourth-order valence-electron chi connectivity index (χ4n) is 3.96. The van der Waals surface area contributed by atoms with Gasteiger partial charge in [0.05, 0.1) is 13.2 Å². The van der Waals surface area contributed by atoms with E-state index in [9.17, 15) is 24.9 Å². The summed E-state index contributed by atoms with van der Waals surface area (Å²) < 4.78 is 10.9.